The summed E-state index contributed by atoms with van der Waals surface area (Å²) in [7, 11) is 0. The van der Waals surface area contributed by atoms with Crippen LogP contribution in [-0.2, 0) is 10.8 Å². The van der Waals surface area contributed by atoms with E-state index in [0.29, 0.717) is 11.4 Å². The molecule has 0 saturated heterocycles. The molecule has 0 radical (unpaired) electrons. The van der Waals surface area contributed by atoms with Gasteiger partial charge in [0.15, 0.2) is 0 Å². The van der Waals surface area contributed by atoms with E-state index in [1.165, 1.54) is 22.3 Å². The van der Waals surface area contributed by atoms with Gasteiger partial charge in [-0.25, -0.2) is 4.98 Å². The minimum atomic E-state index is -0.330. The molecule has 1 N–H and O–H groups in total. The molecule has 4 heteroatoms. The number of hydrogen-bond acceptors (Lipinski definition) is 3. The molecule has 0 spiro atoms. The largest absolute Gasteiger partial charge is 0.507 e. The van der Waals surface area contributed by atoms with Crippen molar-refractivity contribution < 1.29 is 5.11 Å². The van der Waals surface area contributed by atoms with E-state index in [2.05, 4.69) is 269 Å². The van der Waals surface area contributed by atoms with Gasteiger partial charge in [-0.15, -0.1) is 0 Å². The number of phenolic OH excluding ortho intramolecular Hbond substituents is 1. The third-order valence-electron chi connectivity index (χ3n) is 15.1. The maximum atomic E-state index is 12.7. The van der Waals surface area contributed by atoms with Crippen molar-refractivity contribution in [3.63, 3.8) is 0 Å². The first-order chi connectivity index (χ1) is 37.1. The van der Waals surface area contributed by atoms with E-state index in [-0.39, 0.29) is 16.6 Å². The molecule has 0 aliphatic carbocycles. The summed E-state index contributed by atoms with van der Waals surface area (Å²) >= 11 is 0. The van der Waals surface area contributed by atoms with E-state index in [1.54, 1.807) is 0 Å². The van der Waals surface area contributed by atoms with Gasteiger partial charge in [-0.2, -0.15) is 0 Å². The first kappa shape index (κ1) is 47.6. The average Bonchev–Trinajstić information content (AvgIpc) is 3.96. The maximum Gasteiger partial charge on any atom is 0.149 e. The zero-order valence-corrected chi connectivity index (χ0v) is 43.2. The summed E-state index contributed by atoms with van der Waals surface area (Å²) in [4.78, 5) is 10.6. The predicted molar refractivity (Wildman–Crippen MR) is 316 cm³/mol. The standard InChI is InChI=1S/C72H57N3O/c1-71(2,3)60-40-41-66(62(48-60)51-24-12-6-13-25-51)75-67-35-21-34-61(68(67)74-70(75)64-46-56(49-22-10-5-11-23-49)45-63(69(64)76)52-26-14-7-15-27-52)54-28-20-29-55(44-54)65-47-53(42-43-73-65)50-36-38-59(39-37-50)72(4,57-30-16-8-17-31-57)58-32-18-9-19-33-58/h5-48,76H,1-4H3. The molecule has 12 rings (SSSR count). The third kappa shape index (κ3) is 8.88. The summed E-state index contributed by atoms with van der Waals surface area (Å²) < 4.78 is 2.26. The van der Waals surface area contributed by atoms with Gasteiger partial charge < -0.3 is 5.11 Å². The molecular formula is C72H57N3O. The molecular weight excluding hydrogens is 923 g/mol. The van der Waals surface area contributed by atoms with Crippen LogP contribution in [0, 0.1) is 0 Å². The summed E-state index contributed by atoms with van der Waals surface area (Å²) in [5.41, 5.74) is 19.8. The third-order valence-corrected chi connectivity index (χ3v) is 15.1. The van der Waals surface area contributed by atoms with Gasteiger partial charge in [0.2, 0.25) is 0 Å². The number of benzene rings is 10. The van der Waals surface area contributed by atoms with Crippen LogP contribution in [0.1, 0.15) is 49.9 Å². The van der Waals surface area contributed by atoms with Crippen molar-refractivity contribution >= 4 is 11.0 Å². The quantitative estimate of drug-likeness (QED) is 0.131. The lowest BCUT2D eigenvalue weighted by atomic mass is 9.71. The lowest BCUT2D eigenvalue weighted by molar-refractivity contribution is 0.479. The number of aromatic nitrogens is 3. The van der Waals surface area contributed by atoms with Crippen molar-refractivity contribution in [2.24, 2.45) is 0 Å². The highest BCUT2D eigenvalue weighted by molar-refractivity contribution is 5.99. The fraction of sp³-hybridized carbons (Fsp3) is 0.0833. The van der Waals surface area contributed by atoms with E-state index in [0.717, 1.165) is 83.6 Å². The topological polar surface area (TPSA) is 50.9 Å². The molecule has 0 fully saturated rings. The molecule has 0 atom stereocenters. The number of rotatable bonds is 11. The number of aromatic hydroxyl groups is 1. The Balaban J connectivity index is 1.01. The van der Waals surface area contributed by atoms with Crippen LogP contribution >= 0.6 is 0 Å². The normalized spacial score (nSPS) is 11.7. The molecule has 0 saturated carbocycles. The Bertz CT molecular complexity index is 3970. The molecule has 0 aliphatic rings. The molecule has 0 unspecified atom stereocenters. The highest BCUT2D eigenvalue weighted by Gasteiger charge is 2.31. The number of hydrogen-bond donors (Lipinski definition) is 1. The number of imidazole rings is 1. The van der Waals surface area contributed by atoms with Crippen LogP contribution < -0.4 is 0 Å². The van der Waals surface area contributed by atoms with Gasteiger partial charge >= 0.3 is 0 Å². The predicted octanol–water partition coefficient (Wildman–Crippen LogP) is 18.4. The van der Waals surface area contributed by atoms with Crippen LogP contribution in [0.4, 0.5) is 0 Å². The van der Waals surface area contributed by atoms with Crippen LogP contribution in [0.2, 0.25) is 0 Å². The molecule has 12 aromatic rings. The van der Waals surface area contributed by atoms with Gasteiger partial charge in [0.25, 0.3) is 0 Å². The molecule has 76 heavy (non-hydrogen) atoms. The maximum absolute atomic E-state index is 12.7. The monoisotopic (exact) mass is 979 g/mol. The minimum absolute atomic E-state index is 0.0981. The van der Waals surface area contributed by atoms with Crippen LogP contribution in [0.3, 0.4) is 0 Å². The van der Waals surface area contributed by atoms with Crippen molar-refractivity contribution in [2.45, 2.75) is 38.5 Å². The second-order valence-corrected chi connectivity index (χ2v) is 20.9. The molecule has 2 aromatic heterocycles. The SMILES string of the molecule is CC(C)(C)c1ccc(-n2c(-c3cc(-c4ccccc4)cc(-c4ccccc4)c3O)nc3c(-c4cccc(-c5cc(-c6ccc(C(C)(c7ccccc7)c7ccccc7)cc6)ccn5)c4)cccc32)c(-c2ccccc2)c1. The molecule has 366 valence electrons. The van der Waals surface area contributed by atoms with Crippen molar-refractivity contribution in [1.29, 1.82) is 0 Å². The number of pyridine rings is 1. The average molecular weight is 980 g/mol. The van der Waals surface area contributed by atoms with Crippen molar-refractivity contribution in [1.82, 2.24) is 14.5 Å². The smallest absolute Gasteiger partial charge is 0.149 e. The van der Waals surface area contributed by atoms with Gasteiger partial charge in [-0.3, -0.25) is 9.55 Å². The highest BCUT2D eigenvalue weighted by atomic mass is 16.3. The fourth-order valence-corrected chi connectivity index (χ4v) is 10.9. The van der Waals surface area contributed by atoms with E-state index < -0.39 is 0 Å². The number of para-hydroxylation sites is 1. The number of fused-ring (bicyclic) bond motifs is 1. The molecule has 0 aliphatic heterocycles. The molecule has 2 heterocycles. The molecule has 10 aromatic carbocycles. The summed E-state index contributed by atoms with van der Waals surface area (Å²) in [6.45, 7) is 9.08. The van der Waals surface area contributed by atoms with Crippen LogP contribution in [-0.4, -0.2) is 19.6 Å². The van der Waals surface area contributed by atoms with E-state index >= 15 is 0 Å². The summed E-state index contributed by atoms with van der Waals surface area (Å²) in [6, 6.07) is 92.0. The fourth-order valence-electron chi connectivity index (χ4n) is 10.9. The Morgan fingerprint density at radius 3 is 1.50 bits per heavy atom. The lowest BCUT2D eigenvalue weighted by Crippen LogP contribution is -2.25. The minimum Gasteiger partial charge on any atom is -0.507 e. The van der Waals surface area contributed by atoms with Crippen LogP contribution in [0.15, 0.2) is 267 Å². The first-order valence-corrected chi connectivity index (χ1v) is 26.1. The van der Waals surface area contributed by atoms with Crippen molar-refractivity contribution in [3.8, 4) is 89.7 Å². The second-order valence-electron chi connectivity index (χ2n) is 20.9. The number of phenols is 1. The van der Waals surface area contributed by atoms with E-state index in [1.807, 2.05) is 30.5 Å². The van der Waals surface area contributed by atoms with Gasteiger partial charge in [0, 0.05) is 33.9 Å². The van der Waals surface area contributed by atoms with E-state index in [9.17, 15) is 5.11 Å². The van der Waals surface area contributed by atoms with Crippen LogP contribution in [0.5, 0.6) is 5.75 Å². The van der Waals surface area contributed by atoms with Gasteiger partial charge in [-0.05, 0) is 122 Å². The second kappa shape index (κ2) is 19.8. The summed E-state index contributed by atoms with van der Waals surface area (Å²) in [5.74, 6) is 0.806. The summed E-state index contributed by atoms with van der Waals surface area (Å²) in [6.07, 6.45) is 1.91. The Kier molecular flexibility index (Phi) is 12.4. The zero-order chi connectivity index (χ0) is 51.8. The van der Waals surface area contributed by atoms with Gasteiger partial charge in [0.05, 0.1) is 28.0 Å². The van der Waals surface area contributed by atoms with Crippen LogP contribution in [0.25, 0.3) is 95.0 Å². The van der Waals surface area contributed by atoms with Crippen molar-refractivity contribution in [3.05, 3.63) is 289 Å². The highest BCUT2D eigenvalue weighted by Crippen LogP contribution is 2.46. The first-order valence-electron chi connectivity index (χ1n) is 26.1. The van der Waals surface area contributed by atoms with E-state index in [4.69, 9.17) is 9.97 Å². The lowest BCUT2D eigenvalue weighted by Gasteiger charge is -2.32. The Morgan fingerprint density at radius 1 is 0.355 bits per heavy atom. The Labute approximate surface area is 446 Å². The molecule has 0 bridgehead atoms. The molecule has 4 nitrogen and oxygen atoms in total. The summed E-state index contributed by atoms with van der Waals surface area (Å²) in [5, 5.41) is 12.7. The molecule has 0 amide bonds. The zero-order valence-electron chi connectivity index (χ0n) is 43.2. The number of nitrogens with zero attached hydrogens (tertiary/aromatic N) is 3. The Morgan fingerprint density at radius 2 is 0.868 bits per heavy atom. The van der Waals surface area contributed by atoms with Gasteiger partial charge in [0.1, 0.15) is 11.6 Å². The van der Waals surface area contributed by atoms with Gasteiger partial charge in [-0.1, -0.05) is 233 Å². The van der Waals surface area contributed by atoms with Crippen molar-refractivity contribution in [2.75, 3.05) is 0 Å². The Hall–Kier alpha value is -9.38.